The quantitative estimate of drug-likeness (QED) is 0.0922. The van der Waals surface area contributed by atoms with Crippen LogP contribution in [-0.2, 0) is 68.4 Å². The van der Waals surface area contributed by atoms with E-state index in [1.165, 1.54) is 27.4 Å². The Balaban J connectivity index is -0.00000109. The van der Waals surface area contributed by atoms with E-state index in [-0.39, 0.29) is 40.0 Å². The Bertz CT molecular complexity index is 1010. The van der Waals surface area contributed by atoms with Crippen molar-refractivity contribution in [2.45, 2.75) is 25.4 Å². The van der Waals surface area contributed by atoms with Crippen LogP contribution < -0.4 is 0 Å². The Morgan fingerprint density at radius 3 is 1.79 bits per heavy atom. The Morgan fingerprint density at radius 1 is 0.857 bits per heavy atom. The first-order valence-electron chi connectivity index (χ1n) is 11.6. The van der Waals surface area contributed by atoms with E-state index in [0.29, 0.717) is 6.42 Å². The fraction of sp³-hybridized carbons (Fsp3) is 0.258. The molecule has 0 amide bonds. The molecule has 0 spiro atoms. The molecule has 3 rings (SSSR count). The van der Waals surface area contributed by atoms with Crippen molar-refractivity contribution in [3.05, 3.63) is 124 Å². The van der Waals surface area contributed by atoms with Crippen LogP contribution in [0.25, 0.3) is 0 Å². The molecule has 2 aliphatic rings. The molecule has 0 saturated heterocycles. The van der Waals surface area contributed by atoms with Gasteiger partial charge in [0.25, 0.3) is 0 Å². The molecule has 1 aromatic carbocycles. The van der Waals surface area contributed by atoms with Crippen molar-refractivity contribution >= 4 is 17.9 Å². The summed E-state index contributed by atoms with van der Waals surface area (Å²) in [7, 11) is 3.62. The smallest absolute Gasteiger partial charge is 0.0312 e. The summed E-state index contributed by atoms with van der Waals surface area (Å²) in [6.07, 6.45) is 19.3. The molecule has 219 valence electrons. The maximum atomic E-state index is 12.5. The number of carbonyl (C=O) groups is 3. The third kappa shape index (κ3) is 15.5. The monoisotopic (exact) mass is 746 g/mol. The Morgan fingerprint density at radius 2 is 1.33 bits per heavy atom. The molecule has 1 atom stereocenters. The van der Waals surface area contributed by atoms with Gasteiger partial charge in [0, 0.05) is 6.08 Å². The molecule has 1 aliphatic heterocycles. The van der Waals surface area contributed by atoms with Crippen molar-refractivity contribution in [1.29, 1.82) is 0 Å². The van der Waals surface area contributed by atoms with Gasteiger partial charge in [0.1, 0.15) is 6.10 Å². The summed E-state index contributed by atoms with van der Waals surface area (Å²) in [5.74, 6) is -2.10. The van der Waals surface area contributed by atoms with Crippen LogP contribution in [0.15, 0.2) is 60.2 Å². The van der Waals surface area contributed by atoms with Crippen molar-refractivity contribution < 1.29 is 68.4 Å². The van der Waals surface area contributed by atoms with E-state index in [2.05, 4.69) is 31.0 Å². The number of esters is 3. The molecule has 1 unspecified atom stereocenters. The summed E-state index contributed by atoms with van der Waals surface area (Å²) in [6, 6.07) is 9.77. The molecule has 1 aliphatic carbocycles. The molecule has 42 heavy (non-hydrogen) atoms. The summed E-state index contributed by atoms with van der Waals surface area (Å²) in [5, 5.41) is 0. The molecule has 5 radical (unpaired) electrons. The van der Waals surface area contributed by atoms with E-state index < -0.39 is 23.3 Å². The maximum absolute atomic E-state index is 12.5. The van der Waals surface area contributed by atoms with Crippen LogP contribution in [-0.4, -0.2) is 39.2 Å². The molecule has 10 nitrogen and oxygen atoms in total. The number of carbonyl (C=O) groups excluding carboxylic acids is 3. The molecule has 11 heteroatoms. The van der Waals surface area contributed by atoms with Crippen LogP contribution in [0, 0.1) is 63.7 Å². The summed E-state index contributed by atoms with van der Waals surface area (Å²) in [4.78, 5) is 36.3. The molecule has 1 fully saturated rings. The third-order valence-electron chi connectivity index (χ3n) is 5.32. The van der Waals surface area contributed by atoms with E-state index in [0.717, 1.165) is 17.2 Å². The molecule has 1 heterocycles. The Kier molecular flexibility index (Phi) is 28.4. The van der Waals surface area contributed by atoms with Gasteiger partial charge in [-0.05, 0) is 56.9 Å². The van der Waals surface area contributed by atoms with Crippen molar-refractivity contribution in [3.8, 4) is 0 Å². The van der Waals surface area contributed by atoms with Gasteiger partial charge in [-0.1, -0.05) is 42.7 Å². The molecule has 0 N–H and O–H groups in total. The van der Waals surface area contributed by atoms with Crippen molar-refractivity contribution in [1.82, 2.24) is 0 Å². The predicted molar refractivity (Wildman–Crippen MR) is 141 cm³/mol. The molecule has 1 saturated carbocycles. The number of benzene rings is 1. The van der Waals surface area contributed by atoms with Crippen LogP contribution in [0.4, 0.5) is 0 Å². The number of rotatable bonds is 9. The fourth-order valence-corrected chi connectivity index (χ4v) is 3.42. The first kappa shape index (κ1) is 43.0. The van der Waals surface area contributed by atoms with Crippen LogP contribution in [0.1, 0.15) is 30.9 Å². The minimum atomic E-state index is -1.62. The SMILES string of the molecule is COC(=O)/C=C/CC(C/C=C/C1=[C-]OC(c2ccccc2)C1)(C(=O)OC)C(=O)OC.[C-]#[O+].[C-]#[O+].[C-]#[O+].[CH]1[CH][CH][CH][CH]1.[W+2]. The zero-order valence-electron chi connectivity index (χ0n) is 23.3. The van der Waals surface area contributed by atoms with Gasteiger partial charge in [0.2, 0.25) is 0 Å². The molecule has 0 aromatic heterocycles. The average molecular weight is 746 g/mol. The van der Waals surface area contributed by atoms with Crippen LogP contribution in [0.2, 0.25) is 0 Å². The van der Waals surface area contributed by atoms with Gasteiger partial charge in [-0.25, -0.2) is 10.9 Å². The topological polar surface area (TPSA) is 148 Å². The van der Waals surface area contributed by atoms with Crippen LogP contribution >= 0.6 is 0 Å². The van der Waals surface area contributed by atoms with Gasteiger partial charge in [-0.15, -0.1) is 0 Å². The second-order valence-corrected chi connectivity index (χ2v) is 7.61. The van der Waals surface area contributed by atoms with E-state index in [9.17, 15) is 14.4 Å². The fourth-order valence-electron chi connectivity index (χ4n) is 3.42. The molecular formula is C31H30O10W+. The van der Waals surface area contributed by atoms with Gasteiger partial charge < -0.3 is 18.9 Å². The number of allylic oxidation sites excluding steroid dienone is 3. The maximum Gasteiger partial charge on any atom is 2.00 e. The van der Waals surface area contributed by atoms with E-state index in [1.807, 2.05) is 62.4 Å². The molecular weight excluding hydrogens is 716 g/mol. The van der Waals surface area contributed by atoms with Crippen LogP contribution in [0.3, 0.4) is 0 Å². The van der Waals surface area contributed by atoms with Crippen molar-refractivity contribution in [2.24, 2.45) is 5.41 Å². The Hall–Kier alpha value is -3.44. The van der Waals surface area contributed by atoms with Gasteiger partial charge in [0.05, 0.1) is 21.3 Å². The number of hydrogen-bond acceptors (Lipinski definition) is 7. The molecule has 1 aromatic rings. The minimum Gasteiger partial charge on any atom is -0.0312 e. The molecule has 0 bridgehead atoms. The van der Waals surface area contributed by atoms with Gasteiger partial charge >= 0.3 is 72.9 Å². The minimum absolute atomic E-state index is 0. The van der Waals surface area contributed by atoms with E-state index >= 15 is 0 Å². The van der Waals surface area contributed by atoms with Crippen molar-refractivity contribution in [3.63, 3.8) is 0 Å². The van der Waals surface area contributed by atoms with Gasteiger partial charge in [0.15, 0.2) is 5.41 Å². The largest absolute Gasteiger partial charge is 2.00 e. The predicted octanol–water partition coefficient (Wildman–Crippen LogP) is 4.14. The van der Waals surface area contributed by atoms with Crippen molar-refractivity contribution in [2.75, 3.05) is 21.3 Å². The zero-order valence-corrected chi connectivity index (χ0v) is 26.2. The zero-order chi connectivity index (χ0) is 31.5. The number of methoxy groups -OCH3 is 3. The standard InChI is InChI=1S/C23H25O7.C5H5.3CO.W/c1-27-20(24)12-8-14-23(21(25)28-2,22(26)29-3)13-7-9-17-15-19(30-16-17)18-10-5-4-6-11-18;1-2-4-5-3-1;3*1-2;/h4-12,19H,13-15H2,1-3H3;1-5H;;;;/q-1;;;;;+2/b9-7+,12-8+;;;;;. The van der Waals surface area contributed by atoms with E-state index in [4.69, 9.17) is 28.2 Å². The van der Waals surface area contributed by atoms with Gasteiger partial charge in [-0.3, -0.25) is 9.59 Å². The average Bonchev–Trinajstić information content (AvgIpc) is 3.79. The summed E-state index contributed by atoms with van der Waals surface area (Å²) < 4.78 is 42.3. The third-order valence-corrected chi connectivity index (χ3v) is 5.32. The first-order valence-corrected chi connectivity index (χ1v) is 11.6. The first-order chi connectivity index (χ1) is 20.0. The normalized spacial score (nSPS) is 14.6. The second kappa shape index (κ2) is 27.7. The number of hydrogen-bond donors (Lipinski definition) is 0. The number of ether oxygens (including phenoxy) is 4. The van der Waals surface area contributed by atoms with E-state index in [1.54, 1.807) is 12.2 Å². The summed E-state index contributed by atoms with van der Waals surface area (Å²) in [6.45, 7) is 13.5. The van der Waals surface area contributed by atoms with Gasteiger partial charge in [-0.2, -0.15) is 11.6 Å². The van der Waals surface area contributed by atoms with Crippen LogP contribution in [0.5, 0.6) is 0 Å². The summed E-state index contributed by atoms with van der Waals surface area (Å²) >= 11 is 0. The Labute approximate surface area is 261 Å². The summed E-state index contributed by atoms with van der Waals surface area (Å²) in [5.41, 5.74) is 0.223. The second-order valence-electron chi connectivity index (χ2n) is 7.61.